The number of hydrogen-bond acceptors (Lipinski definition) is 3. The Morgan fingerprint density at radius 1 is 1.04 bits per heavy atom. The van der Waals surface area contributed by atoms with Crippen LogP contribution in [0.1, 0.15) is 38.5 Å². The lowest BCUT2D eigenvalue weighted by Gasteiger charge is -2.30. The number of rotatable bonds is 5. The summed E-state index contributed by atoms with van der Waals surface area (Å²) < 4.78 is 26.7. The van der Waals surface area contributed by atoms with Gasteiger partial charge in [-0.2, -0.15) is 4.31 Å². The minimum absolute atomic E-state index is 0.0615. The predicted octanol–water partition coefficient (Wildman–Crippen LogP) is 2.39. The van der Waals surface area contributed by atoms with Gasteiger partial charge >= 0.3 is 0 Å². The van der Waals surface area contributed by atoms with Crippen molar-refractivity contribution in [3.63, 3.8) is 0 Å². The first-order valence-electron chi connectivity index (χ1n) is 8.90. The van der Waals surface area contributed by atoms with Gasteiger partial charge in [0.2, 0.25) is 15.9 Å². The van der Waals surface area contributed by atoms with Gasteiger partial charge in [-0.05, 0) is 43.7 Å². The molecule has 1 aromatic carbocycles. The third-order valence-electron chi connectivity index (χ3n) is 5.25. The smallest absolute Gasteiger partial charge is 0.243 e. The predicted molar refractivity (Wildman–Crippen MR) is 92.9 cm³/mol. The van der Waals surface area contributed by atoms with E-state index in [-0.39, 0.29) is 11.8 Å². The molecule has 5 nitrogen and oxygen atoms in total. The number of amides is 1. The Hall–Kier alpha value is -1.40. The van der Waals surface area contributed by atoms with Gasteiger partial charge in [0.15, 0.2) is 0 Å². The number of carbonyl (C=O) groups excluding carboxylic acids is 1. The highest BCUT2D eigenvalue weighted by Gasteiger charge is 2.32. The number of nitrogens with zero attached hydrogens (tertiary/aromatic N) is 1. The highest BCUT2D eigenvalue weighted by Crippen LogP contribution is 2.25. The maximum atomic E-state index is 12.6. The molecule has 0 atom stereocenters. The van der Waals surface area contributed by atoms with E-state index in [1.807, 2.05) is 0 Å². The molecule has 1 heterocycles. The number of benzene rings is 1. The molecule has 1 aromatic rings. The summed E-state index contributed by atoms with van der Waals surface area (Å²) in [6, 6.07) is 8.51. The van der Waals surface area contributed by atoms with Crippen molar-refractivity contribution in [3.8, 4) is 0 Å². The lowest BCUT2D eigenvalue weighted by molar-refractivity contribution is -0.126. The number of nitrogens with one attached hydrogen (secondary N) is 1. The second kappa shape index (κ2) is 7.66. The minimum Gasteiger partial charge on any atom is -0.356 e. The van der Waals surface area contributed by atoms with E-state index in [0.29, 0.717) is 36.7 Å². The molecule has 0 unspecified atom stereocenters. The average molecular weight is 350 g/mol. The lowest BCUT2D eigenvalue weighted by atomic mass is 9.97. The normalized spacial score (nSPS) is 21.0. The van der Waals surface area contributed by atoms with Gasteiger partial charge in [-0.1, -0.05) is 31.0 Å². The summed E-state index contributed by atoms with van der Waals surface area (Å²) >= 11 is 0. The molecular formula is C18H26N2O3S. The molecule has 0 bridgehead atoms. The molecule has 1 aliphatic carbocycles. The van der Waals surface area contributed by atoms with Gasteiger partial charge in [0.25, 0.3) is 0 Å². The summed E-state index contributed by atoms with van der Waals surface area (Å²) in [5.74, 6) is 0.666. The molecule has 6 heteroatoms. The van der Waals surface area contributed by atoms with Gasteiger partial charge in [-0.3, -0.25) is 4.79 Å². The van der Waals surface area contributed by atoms with Crippen LogP contribution in [0.4, 0.5) is 0 Å². The van der Waals surface area contributed by atoms with Gasteiger partial charge in [-0.25, -0.2) is 8.42 Å². The molecule has 3 rings (SSSR count). The zero-order chi connectivity index (χ0) is 17.0. The van der Waals surface area contributed by atoms with Crippen LogP contribution in [0.2, 0.25) is 0 Å². The van der Waals surface area contributed by atoms with E-state index in [0.717, 1.165) is 6.54 Å². The van der Waals surface area contributed by atoms with Crippen LogP contribution >= 0.6 is 0 Å². The van der Waals surface area contributed by atoms with E-state index in [4.69, 9.17) is 0 Å². The van der Waals surface area contributed by atoms with Crippen molar-refractivity contribution in [1.82, 2.24) is 9.62 Å². The van der Waals surface area contributed by atoms with Crippen LogP contribution in [-0.2, 0) is 14.8 Å². The SMILES string of the molecule is O=C(NCC1CCCC1)C1CCN(S(=O)(=O)c2ccccc2)CC1. The van der Waals surface area contributed by atoms with Gasteiger partial charge in [0.05, 0.1) is 4.90 Å². The largest absolute Gasteiger partial charge is 0.356 e. The summed E-state index contributed by atoms with van der Waals surface area (Å²) in [5, 5.41) is 3.07. The van der Waals surface area contributed by atoms with Crippen molar-refractivity contribution in [2.24, 2.45) is 11.8 Å². The van der Waals surface area contributed by atoms with Crippen LogP contribution in [0.25, 0.3) is 0 Å². The summed E-state index contributed by atoms with van der Waals surface area (Å²) in [6.45, 7) is 1.61. The molecule has 1 N–H and O–H groups in total. The summed E-state index contributed by atoms with van der Waals surface area (Å²) in [5.41, 5.74) is 0. The fourth-order valence-electron chi connectivity index (χ4n) is 3.70. The molecule has 0 spiro atoms. The van der Waals surface area contributed by atoms with Crippen LogP contribution in [0.5, 0.6) is 0 Å². The van der Waals surface area contributed by atoms with Crippen molar-refractivity contribution in [2.75, 3.05) is 19.6 Å². The van der Waals surface area contributed by atoms with Gasteiger partial charge in [0.1, 0.15) is 0 Å². The maximum absolute atomic E-state index is 12.6. The zero-order valence-electron chi connectivity index (χ0n) is 14.0. The molecular weight excluding hydrogens is 324 g/mol. The molecule has 132 valence electrons. The monoisotopic (exact) mass is 350 g/mol. The van der Waals surface area contributed by atoms with Gasteiger partial charge < -0.3 is 5.32 Å². The van der Waals surface area contributed by atoms with Gasteiger partial charge in [0, 0.05) is 25.6 Å². The van der Waals surface area contributed by atoms with E-state index in [1.54, 1.807) is 30.3 Å². The van der Waals surface area contributed by atoms with E-state index in [9.17, 15) is 13.2 Å². The van der Waals surface area contributed by atoms with Crippen LogP contribution in [-0.4, -0.2) is 38.3 Å². The second-order valence-corrected chi connectivity index (χ2v) is 8.82. The highest BCUT2D eigenvalue weighted by atomic mass is 32.2. The molecule has 2 fully saturated rings. The third-order valence-corrected chi connectivity index (χ3v) is 7.16. The number of piperidine rings is 1. The van der Waals surface area contributed by atoms with Gasteiger partial charge in [-0.15, -0.1) is 0 Å². The van der Waals surface area contributed by atoms with Crippen LogP contribution in [0.3, 0.4) is 0 Å². The molecule has 0 aromatic heterocycles. The lowest BCUT2D eigenvalue weighted by Crippen LogP contribution is -2.43. The van der Waals surface area contributed by atoms with Crippen molar-refractivity contribution in [2.45, 2.75) is 43.4 Å². The van der Waals surface area contributed by atoms with E-state index in [1.165, 1.54) is 30.0 Å². The number of sulfonamides is 1. The Bertz CT molecular complexity index is 646. The Morgan fingerprint density at radius 3 is 2.29 bits per heavy atom. The molecule has 24 heavy (non-hydrogen) atoms. The van der Waals surface area contributed by atoms with Crippen molar-refractivity contribution in [3.05, 3.63) is 30.3 Å². The average Bonchev–Trinajstić information content (AvgIpc) is 3.14. The minimum atomic E-state index is -3.43. The number of carbonyl (C=O) groups is 1. The first-order valence-corrected chi connectivity index (χ1v) is 10.3. The molecule has 1 saturated heterocycles. The Balaban J connectivity index is 1.51. The van der Waals surface area contributed by atoms with E-state index < -0.39 is 10.0 Å². The quantitative estimate of drug-likeness (QED) is 0.887. The Morgan fingerprint density at radius 2 is 1.67 bits per heavy atom. The van der Waals surface area contributed by atoms with Crippen molar-refractivity contribution < 1.29 is 13.2 Å². The zero-order valence-corrected chi connectivity index (χ0v) is 14.8. The topological polar surface area (TPSA) is 66.5 Å². The fraction of sp³-hybridized carbons (Fsp3) is 0.611. The molecule has 0 radical (unpaired) electrons. The molecule has 1 saturated carbocycles. The first-order chi connectivity index (χ1) is 11.6. The standard InChI is InChI=1S/C18H26N2O3S/c21-18(19-14-15-6-4-5-7-15)16-10-12-20(13-11-16)24(22,23)17-8-2-1-3-9-17/h1-3,8-9,15-16H,4-7,10-14H2,(H,19,21). The molecule has 2 aliphatic rings. The van der Waals surface area contributed by atoms with Crippen molar-refractivity contribution in [1.29, 1.82) is 0 Å². The summed E-state index contributed by atoms with van der Waals surface area (Å²) in [6.07, 6.45) is 6.18. The maximum Gasteiger partial charge on any atom is 0.243 e. The second-order valence-electron chi connectivity index (χ2n) is 6.89. The Kier molecular flexibility index (Phi) is 5.56. The first kappa shape index (κ1) is 17.4. The fourth-order valence-corrected chi connectivity index (χ4v) is 5.19. The van der Waals surface area contributed by atoms with Crippen molar-refractivity contribution >= 4 is 15.9 Å². The van der Waals surface area contributed by atoms with E-state index >= 15 is 0 Å². The Labute approximate surface area is 144 Å². The molecule has 1 aliphatic heterocycles. The molecule has 1 amide bonds. The number of hydrogen-bond donors (Lipinski definition) is 1. The third kappa shape index (κ3) is 3.98. The summed E-state index contributed by atoms with van der Waals surface area (Å²) in [4.78, 5) is 12.6. The van der Waals surface area contributed by atoms with E-state index in [2.05, 4.69) is 5.32 Å². The summed E-state index contributed by atoms with van der Waals surface area (Å²) in [7, 11) is -3.43. The van der Waals surface area contributed by atoms with Crippen LogP contribution in [0.15, 0.2) is 35.2 Å². The van der Waals surface area contributed by atoms with Crippen LogP contribution in [0, 0.1) is 11.8 Å². The highest BCUT2D eigenvalue weighted by molar-refractivity contribution is 7.89. The van der Waals surface area contributed by atoms with Crippen LogP contribution < -0.4 is 5.32 Å².